The smallest absolute Gasteiger partial charge is 0.223 e. The molecule has 2 aromatic rings. The summed E-state index contributed by atoms with van der Waals surface area (Å²) in [6, 6.07) is 13.2. The SMILES string of the molecule is O=C(CCC(=O)N1CCN(Cc2cccnc2)CC1)c1ccccc1. The molecule has 0 spiro atoms. The van der Waals surface area contributed by atoms with Gasteiger partial charge in [-0.1, -0.05) is 36.4 Å². The van der Waals surface area contributed by atoms with Crippen LogP contribution >= 0.6 is 0 Å². The van der Waals surface area contributed by atoms with Crippen LogP contribution in [-0.4, -0.2) is 52.7 Å². The Labute approximate surface area is 148 Å². The summed E-state index contributed by atoms with van der Waals surface area (Å²) < 4.78 is 0. The standard InChI is InChI=1S/C20H23N3O2/c24-19(18-6-2-1-3-7-18)8-9-20(25)23-13-11-22(12-14-23)16-17-5-4-10-21-15-17/h1-7,10,15H,8-9,11-14,16H2. The summed E-state index contributed by atoms with van der Waals surface area (Å²) in [4.78, 5) is 32.8. The van der Waals surface area contributed by atoms with Crippen LogP contribution in [0.5, 0.6) is 0 Å². The van der Waals surface area contributed by atoms with Gasteiger partial charge in [0.05, 0.1) is 0 Å². The Morgan fingerprint density at radius 1 is 0.920 bits per heavy atom. The summed E-state index contributed by atoms with van der Waals surface area (Å²) in [5, 5.41) is 0. The van der Waals surface area contributed by atoms with Crippen molar-refractivity contribution in [2.24, 2.45) is 0 Å². The molecule has 25 heavy (non-hydrogen) atoms. The van der Waals surface area contributed by atoms with Crippen molar-refractivity contribution in [2.45, 2.75) is 19.4 Å². The van der Waals surface area contributed by atoms with E-state index in [4.69, 9.17) is 0 Å². The van der Waals surface area contributed by atoms with Crippen molar-refractivity contribution in [1.82, 2.24) is 14.8 Å². The number of carbonyl (C=O) groups is 2. The molecule has 0 unspecified atom stereocenters. The van der Waals surface area contributed by atoms with E-state index in [0.717, 1.165) is 32.7 Å². The van der Waals surface area contributed by atoms with Crippen molar-refractivity contribution in [1.29, 1.82) is 0 Å². The van der Waals surface area contributed by atoms with Crippen LogP contribution < -0.4 is 0 Å². The number of hydrogen-bond acceptors (Lipinski definition) is 4. The van der Waals surface area contributed by atoms with Gasteiger partial charge in [-0.2, -0.15) is 0 Å². The van der Waals surface area contributed by atoms with Crippen molar-refractivity contribution < 1.29 is 9.59 Å². The molecule has 0 saturated carbocycles. The van der Waals surface area contributed by atoms with Crippen molar-refractivity contribution >= 4 is 11.7 Å². The molecular formula is C20H23N3O2. The Kier molecular flexibility index (Phi) is 5.90. The highest BCUT2D eigenvalue weighted by atomic mass is 16.2. The molecular weight excluding hydrogens is 314 g/mol. The first-order valence-electron chi connectivity index (χ1n) is 8.69. The number of benzene rings is 1. The van der Waals surface area contributed by atoms with Gasteiger partial charge in [-0.3, -0.25) is 19.5 Å². The fourth-order valence-corrected chi connectivity index (χ4v) is 3.05. The minimum absolute atomic E-state index is 0.0316. The van der Waals surface area contributed by atoms with Gasteiger partial charge in [-0.25, -0.2) is 0 Å². The number of hydrogen-bond donors (Lipinski definition) is 0. The third-order valence-electron chi connectivity index (χ3n) is 4.52. The number of piperazine rings is 1. The maximum Gasteiger partial charge on any atom is 0.223 e. The van der Waals surface area contributed by atoms with Crippen molar-refractivity contribution in [3.05, 3.63) is 66.0 Å². The van der Waals surface area contributed by atoms with Crippen molar-refractivity contribution in [3.8, 4) is 0 Å². The first-order chi connectivity index (χ1) is 12.2. The topological polar surface area (TPSA) is 53.5 Å². The first kappa shape index (κ1) is 17.3. The van der Waals surface area contributed by atoms with Crippen LogP contribution in [0.3, 0.4) is 0 Å². The largest absolute Gasteiger partial charge is 0.340 e. The normalized spacial score (nSPS) is 15.1. The summed E-state index contributed by atoms with van der Waals surface area (Å²) >= 11 is 0. The lowest BCUT2D eigenvalue weighted by Gasteiger charge is -2.34. The summed E-state index contributed by atoms with van der Waals surface area (Å²) in [5.41, 5.74) is 1.87. The van der Waals surface area contributed by atoms with Gasteiger partial charge in [0.1, 0.15) is 0 Å². The maximum absolute atomic E-state index is 12.3. The van der Waals surface area contributed by atoms with Crippen LogP contribution in [0.15, 0.2) is 54.9 Å². The molecule has 1 aliphatic heterocycles. The number of ketones is 1. The lowest BCUT2D eigenvalue weighted by molar-refractivity contribution is -0.132. The highest BCUT2D eigenvalue weighted by Gasteiger charge is 2.21. The summed E-state index contributed by atoms with van der Waals surface area (Å²) in [7, 11) is 0. The second kappa shape index (κ2) is 8.53. The highest BCUT2D eigenvalue weighted by Crippen LogP contribution is 2.11. The van der Waals surface area contributed by atoms with Gasteiger partial charge in [0.15, 0.2) is 5.78 Å². The zero-order chi connectivity index (χ0) is 17.5. The van der Waals surface area contributed by atoms with Gasteiger partial charge in [-0.15, -0.1) is 0 Å². The van der Waals surface area contributed by atoms with E-state index in [0.29, 0.717) is 5.56 Å². The molecule has 5 nitrogen and oxygen atoms in total. The molecule has 2 heterocycles. The zero-order valence-electron chi connectivity index (χ0n) is 14.3. The zero-order valence-corrected chi connectivity index (χ0v) is 14.3. The lowest BCUT2D eigenvalue weighted by atomic mass is 10.1. The Hall–Kier alpha value is -2.53. The fraction of sp³-hybridized carbons (Fsp3) is 0.350. The van der Waals surface area contributed by atoms with Gasteiger partial charge in [-0.05, 0) is 11.6 Å². The molecule has 0 atom stereocenters. The van der Waals surface area contributed by atoms with Crippen LogP contribution in [0.25, 0.3) is 0 Å². The lowest BCUT2D eigenvalue weighted by Crippen LogP contribution is -2.48. The number of rotatable bonds is 6. The van der Waals surface area contributed by atoms with Gasteiger partial charge in [0.25, 0.3) is 0 Å². The highest BCUT2D eigenvalue weighted by molar-refractivity contribution is 5.97. The maximum atomic E-state index is 12.3. The Morgan fingerprint density at radius 2 is 1.68 bits per heavy atom. The molecule has 0 bridgehead atoms. The van der Waals surface area contributed by atoms with E-state index in [1.807, 2.05) is 35.4 Å². The fourth-order valence-electron chi connectivity index (χ4n) is 3.05. The van der Waals surface area contributed by atoms with E-state index in [1.165, 1.54) is 5.56 Å². The molecule has 5 heteroatoms. The van der Waals surface area contributed by atoms with E-state index in [2.05, 4.69) is 16.0 Å². The number of pyridine rings is 1. The molecule has 0 N–H and O–H groups in total. The predicted octanol–water partition coefficient (Wildman–Crippen LogP) is 2.39. The molecule has 1 aromatic carbocycles. The Balaban J connectivity index is 1.42. The second-order valence-electron chi connectivity index (χ2n) is 6.31. The molecule has 3 rings (SSSR count). The van der Waals surface area contributed by atoms with Crippen LogP contribution in [0.4, 0.5) is 0 Å². The number of Topliss-reactive ketones (excluding diaryl/α,β-unsaturated/α-hetero) is 1. The van der Waals surface area contributed by atoms with E-state index >= 15 is 0 Å². The summed E-state index contributed by atoms with van der Waals surface area (Å²) in [5.74, 6) is 0.106. The van der Waals surface area contributed by atoms with Crippen molar-refractivity contribution in [2.75, 3.05) is 26.2 Å². The van der Waals surface area contributed by atoms with Crippen LogP contribution in [0.2, 0.25) is 0 Å². The molecule has 1 fully saturated rings. The Bertz CT molecular complexity index is 695. The summed E-state index contributed by atoms with van der Waals surface area (Å²) in [6.45, 7) is 4.01. The monoisotopic (exact) mass is 337 g/mol. The average molecular weight is 337 g/mol. The molecule has 1 aromatic heterocycles. The van der Waals surface area contributed by atoms with E-state index in [-0.39, 0.29) is 24.5 Å². The number of carbonyl (C=O) groups excluding carboxylic acids is 2. The van der Waals surface area contributed by atoms with Gasteiger partial charge in [0.2, 0.25) is 5.91 Å². The minimum Gasteiger partial charge on any atom is -0.340 e. The average Bonchev–Trinajstić information content (AvgIpc) is 2.68. The third kappa shape index (κ3) is 4.97. The molecule has 1 saturated heterocycles. The van der Waals surface area contributed by atoms with Crippen molar-refractivity contribution in [3.63, 3.8) is 0 Å². The van der Waals surface area contributed by atoms with E-state index in [9.17, 15) is 9.59 Å². The number of amides is 1. The van der Waals surface area contributed by atoms with E-state index in [1.54, 1.807) is 18.3 Å². The first-order valence-corrected chi connectivity index (χ1v) is 8.69. The second-order valence-corrected chi connectivity index (χ2v) is 6.31. The Morgan fingerprint density at radius 3 is 2.36 bits per heavy atom. The molecule has 1 amide bonds. The van der Waals surface area contributed by atoms with E-state index < -0.39 is 0 Å². The van der Waals surface area contributed by atoms with Crippen LogP contribution in [0.1, 0.15) is 28.8 Å². The summed E-state index contributed by atoms with van der Waals surface area (Å²) in [6.07, 6.45) is 4.22. The number of nitrogens with zero attached hydrogens (tertiary/aromatic N) is 3. The van der Waals surface area contributed by atoms with Gasteiger partial charge >= 0.3 is 0 Å². The molecule has 130 valence electrons. The third-order valence-corrected chi connectivity index (χ3v) is 4.52. The predicted molar refractivity (Wildman–Crippen MR) is 96.1 cm³/mol. The van der Waals surface area contributed by atoms with Gasteiger partial charge in [0, 0.05) is 63.5 Å². The quantitative estimate of drug-likeness (QED) is 0.760. The molecule has 0 aliphatic carbocycles. The molecule has 1 aliphatic rings. The van der Waals surface area contributed by atoms with Crippen LogP contribution in [-0.2, 0) is 11.3 Å². The number of aromatic nitrogens is 1. The van der Waals surface area contributed by atoms with Crippen LogP contribution in [0, 0.1) is 0 Å². The van der Waals surface area contributed by atoms with Gasteiger partial charge < -0.3 is 4.90 Å². The minimum atomic E-state index is 0.0316. The molecule has 0 radical (unpaired) electrons.